The minimum atomic E-state index is -0.745. The first-order valence-electron chi connectivity index (χ1n) is 10.9. The van der Waals surface area contributed by atoms with Crippen molar-refractivity contribution >= 4 is 23.5 Å². The van der Waals surface area contributed by atoms with Gasteiger partial charge in [-0.05, 0) is 60.7 Å². The van der Waals surface area contributed by atoms with Crippen LogP contribution in [0.4, 0.5) is 22.2 Å². The normalized spacial score (nSPS) is 17.4. The van der Waals surface area contributed by atoms with Crippen LogP contribution in [-0.4, -0.2) is 40.2 Å². The Morgan fingerprint density at radius 3 is 2.76 bits per heavy atom. The standard InChI is InChI=1S/C24H23N7O2/c25-12-15-5-7-27-21(9-15)30-22-11-18(16-1-2-16)10-20(29-22)17-3-4-23(28-13-17)31-8-6-19(14-31)33-24(26)32/h3-5,7,9-11,13,16,19H,1-2,6,8,14H2,(H2,26,32)(H,27,29,30)/t19-/m1/s1. The zero-order valence-corrected chi connectivity index (χ0v) is 17.9. The van der Waals surface area contributed by atoms with Crippen LogP contribution in [0, 0.1) is 11.3 Å². The lowest BCUT2D eigenvalue weighted by molar-refractivity contribution is 0.117. The van der Waals surface area contributed by atoms with E-state index in [1.807, 2.05) is 24.4 Å². The minimum absolute atomic E-state index is 0.206. The van der Waals surface area contributed by atoms with Gasteiger partial charge >= 0.3 is 6.09 Å². The first-order chi connectivity index (χ1) is 16.1. The molecule has 2 fully saturated rings. The number of rotatable bonds is 6. The van der Waals surface area contributed by atoms with Gasteiger partial charge in [0.2, 0.25) is 0 Å². The van der Waals surface area contributed by atoms with Crippen LogP contribution in [0.5, 0.6) is 0 Å². The van der Waals surface area contributed by atoms with E-state index >= 15 is 0 Å². The van der Waals surface area contributed by atoms with Crippen LogP contribution >= 0.6 is 0 Å². The number of amides is 1. The van der Waals surface area contributed by atoms with Crippen molar-refractivity contribution in [3.05, 3.63) is 59.9 Å². The van der Waals surface area contributed by atoms with Crippen molar-refractivity contribution in [2.45, 2.75) is 31.3 Å². The summed E-state index contributed by atoms with van der Waals surface area (Å²) in [5.41, 5.74) is 8.63. The Morgan fingerprint density at radius 1 is 1.15 bits per heavy atom. The predicted octanol–water partition coefficient (Wildman–Crippen LogP) is 3.71. The van der Waals surface area contributed by atoms with Crippen molar-refractivity contribution in [1.82, 2.24) is 15.0 Å². The van der Waals surface area contributed by atoms with Crippen LogP contribution in [0.15, 0.2) is 48.8 Å². The van der Waals surface area contributed by atoms with Gasteiger partial charge in [0.15, 0.2) is 0 Å². The molecule has 166 valence electrons. The monoisotopic (exact) mass is 441 g/mol. The molecule has 9 nitrogen and oxygen atoms in total. The molecule has 0 spiro atoms. The quantitative estimate of drug-likeness (QED) is 0.592. The molecule has 1 amide bonds. The second-order valence-corrected chi connectivity index (χ2v) is 8.31. The molecule has 1 aliphatic heterocycles. The maximum atomic E-state index is 11.0. The molecule has 9 heteroatoms. The van der Waals surface area contributed by atoms with Crippen molar-refractivity contribution in [3.8, 4) is 17.3 Å². The molecule has 3 aromatic rings. The smallest absolute Gasteiger partial charge is 0.404 e. The number of primary amides is 1. The van der Waals surface area contributed by atoms with Gasteiger partial charge in [0.25, 0.3) is 0 Å². The number of hydrogen-bond acceptors (Lipinski definition) is 8. The Hall–Kier alpha value is -4.19. The highest BCUT2D eigenvalue weighted by atomic mass is 16.6. The summed E-state index contributed by atoms with van der Waals surface area (Å²) in [5, 5.41) is 12.4. The van der Waals surface area contributed by atoms with Gasteiger partial charge in [0.05, 0.1) is 23.9 Å². The Balaban J connectivity index is 1.37. The molecule has 3 aromatic heterocycles. The molecule has 0 radical (unpaired) electrons. The molecule has 1 saturated heterocycles. The third-order valence-corrected chi connectivity index (χ3v) is 5.84. The summed E-state index contributed by atoms with van der Waals surface area (Å²) in [7, 11) is 0. The van der Waals surface area contributed by atoms with Crippen molar-refractivity contribution in [2.24, 2.45) is 5.73 Å². The molecule has 33 heavy (non-hydrogen) atoms. The number of hydrogen-bond donors (Lipinski definition) is 2. The van der Waals surface area contributed by atoms with Crippen LogP contribution in [0.1, 0.15) is 36.3 Å². The summed E-state index contributed by atoms with van der Waals surface area (Å²) in [4.78, 5) is 26.8. The highest BCUT2D eigenvalue weighted by molar-refractivity contribution is 5.66. The molecular weight excluding hydrogens is 418 g/mol. The first kappa shape index (κ1) is 20.7. The van der Waals surface area contributed by atoms with Gasteiger partial charge < -0.3 is 20.7 Å². The molecule has 3 N–H and O–H groups in total. The number of nitrogens with two attached hydrogens (primary N) is 1. The van der Waals surface area contributed by atoms with E-state index in [0.29, 0.717) is 29.7 Å². The summed E-state index contributed by atoms with van der Waals surface area (Å²) in [6.45, 7) is 1.33. The largest absolute Gasteiger partial charge is 0.444 e. The molecule has 2 aliphatic rings. The van der Waals surface area contributed by atoms with E-state index in [2.05, 4.69) is 32.3 Å². The number of carbonyl (C=O) groups excluding carboxylic acids is 1. The molecule has 1 saturated carbocycles. The predicted molar refractivity (Wildman–Crippen MR) is 123 cm³/mol. The maximum absolute atomic E-state index is 11.0. The molecule has 0 bridgehead atoms. The zero-order valence-electron chi connectivity index (χ0n) is 17.9. The van der Waals surface area contributed by atoms with E-state index in [4.69, 9.17) is 20.7 Å². The van der Waals surface area contributed by atoms with Crippen molar-refractivity contribution in [2.75, 3.05) is 23.3 Å². The number of anilines is 3. The number of nitriles is 1. The first-order valence-corrected chi connectivity index (χ1v) is 10.9. The maximum Gasteiger partial charge on any atom is 0.404 e. The van der Waals surface area contributed by atoms with Gasteiger partial charge in [0, 0.05) is 30.9 Å². The summed E-state index contributed by atoms with van der Waals surface area (Å²) in [6.07, 6.45) is 5.54. The van der Waals surface area contributed by atoms with E-state index in [0.717, 1.165) is 30.0 Å². The lowest BCUT2D eigenvalue weighted by Crippen LogP contribution is -2.27. The molecule has 0 aromatic carbocycles. The fourth-order valence-corrected chi connectivity index (χ4v) is 4.04. The summed E-state index contributed by atoms with van der Waals surface area (Å²) in [6, 6.07) is 13.6. The Bertz CT molecular complexity index is 1220. The Morgan fingerprint density at radius 2 is 2.03 bits per heavy atom. The molecule has 4 heterocycles. The van der Waals surface area contributed by atoms with Crippen molar-refractivity contribution < 1.29 is 9.53 Å². The van der Waals surface area contributed by atoms with Gasteiger partial charge in [0.1, 0.15) is 23.6 Å². The number of carbonyl (C=O) groups is 1. The van der Waals surface area contributed by atoms with E-state index in [-0.39, 0.29) is 6.10 Å². The van der Waals surface area contributed by atoms with E-state index in [9.17, 15) is 4.79 Å². The molecule has 1 aliphatic carbocycles. The van der Waals surface area contributed by atoms with Gasteiger partial charge in [-0.25, -0.2) is 19.7 Å². The van der Waals surface area contributed by atoms with Crippen LogP contribution < -0.4 is 16.0 Å². The average Bonchev–Trinajstić information content (AvgIpc) is 3.58. The van der Waals surface area contributed by atoms with Crippen LogP contribution in [0.2, 0.25) is 0 Å². The minimum Gasteiger partial charge on any atom is -0.444 e. The lowest BCUT2D eigenvalue weighted by atomic mass is 10.1. The van der Waals surface area contributed by atoms with E-state index in [1.165, 1.54) is 18.4 Å². The number of ether oxygens (including phenoxy) is 1. The second-order valence-electron chi connectivity index (χ2n) is 8.31. The van der Waals surface area contributed by atoms with Crippen molar-refractivity contribution in [3.63, 3.8) is 0 Å². The van der Waals surface area contributed by atoms with Crippen LogP contribution in [0.3, 0.4) is 0 Å². The topological polar surface area (TPSA) is 130 Å². The Kier molecular flexibility index (Phi) is 5.48. The average molecular weight is 441 g/mol. The number of nitrogens with one attached hydrogen (secondary N) is 1. The molecule has 0 unspecified atom stereocenters. The molecular formula is C24H23N7O2. The van der Waals surface area contributed by atoms with Gasteiger partial charge in [-0.15, -0.1) is 0 Å². The number of aromatic nitrogens is 3. The van der Waals surface area contributed by atoms with Gasteiger partial charge in [-0.1, -0.05) is 0 Å². The fraction of sp³-hybridized carbons (Fsp3) is 0.292. The lowest BCUT2D eigenvalue weighted by Gasteiger charge is -2.17. The highest BCUT2D eigenvalue weighted by Gasteiger charge is 2.27. The summed E-state index contributed by atoms with van der Waals surface area (Å²) in [5.74, 6) is 2.64. The van der Waals surface area contributed by atoms with E-state index in [1.54, 1.807) is 18.3 Å². The summed E-state index contributed by atoms with van der Waals surface area (Å²) >= 11 is 0. The Labute approximate surface area is 191 Å². The molecule has 5 rings (SSSR count). The van der Waals surface area contributed by atoms with E-state index < -0.39 is 6.09 Å². The highest BCUT2D eigenvalue weighted by Crippen LogP contribution is 2.42. The second kappa shape index (κ2) is 8.74. The third-order valence-electron chi connectivity index (χ3n) is 5.84. The number of nitrogens with zero attached hydrogens (tertiary/aromatic N) is 5. The van der Waals surface area contributed by atoms with Crippen molar-refractivity contribution in [1.29, 1.82) is 5.26 Å². The SMILES string of the molecule is N#Cc1ccnc(Nc2cc(C3CC3)cc(-c3ccc(N4CC[C@@H](OC(N)=O)C4)nc3)n2)c1. The van der Waals surface area contributed by atoms with Crippen LogP contribution in [0.25, 0.3) is 11.3 Å². The molecule has 1 atom stereocenters. The van der Waals surface area contributed by atoms with Gasteiger partial charge in [-0.3, -0.25) is 0 Å². The summed E-state index contributed by atoms with van der Waals surface area (Å²) < 4.78 is 5.10. The third kappa shape index (κ3) is 4.85. The number of pyridine rings is 3. The van der Waals surface area contributed by atoms with Gasteiger partial charge in [-0.2, -0.15) is 5.26 Å². The zero-order chi connectivity index (χ0) is 22.8. The fourth-order valence-electron chi connectivity index (χ4n) is 4.04. The van der Waals surface area contributed by atoms with Crippen LogP contribution in [-0.2, 0) is 4.74 Å².